The van der Waals surface area contributed by atoms with Crippen molar-refractivity contribution in [1.82, 2.24) is 14.8 Å². The maximum atomic E-state index is 11.6. The molecule has 2 aromatic heterocycles. The van der Waals surface area contributed by atoms with Gasteiger partial charge in [0, 0.05) is 11.9 Å². The van der Waals surface area contributed by atoms with Crippen LogP contribution in [0.1, 0.15) is 15.6 Å². The van der Waals surface area contributed by atoms with E-state index in [1.807, 2.05) is 13.8 Å². The van der Waals surface area contributed by atoms with Gasteiger partial charge in [-0.3, -0.25) is 4.79 Å². The molecule has 0 aliphatic heterocycles. The molecule has 0 aromatic carbocycles. The predicted molar refractivity (Wildman–Crippen MR) is 73.4 cm³/mol. The van der Waals surface area contributed by atoms with Crippen molar-refractivity contribution in [2.45, 2.75) is 20.4 Å². The van der Waals surface area contributed by atoms with Crippen LogP contribution in [0.3, 0.4) is 0 Å². The molecule has 18 heavy (non-hydrogen) atoms. The van der Waals surface area contributed by atoms with Gasteiger partial charge >= 0.3 is 0 Å². The van der Waals surface area contributed by atoms with Crippen LogP contribution in [0.4, 0.5) is 5.69 Å². The fourth-order valence-corrected chi connectivity index (χ4v) is 2.62. The van der Waals surface area contributed by atoms with Crippen LogP contribution in [0, 0.1) is 13.8 Å². The highest BCUT2D eigenvalue weighted by atomic mass is 35.5. The zero-order valence-electron chi connectivity index (χ0n) is 10.3. The van der Waals surface area contributed by atoms with Crippen LogP contribution >= 0.6 is 22.9 Å². The molecule has 0 unspecified atom stereocenters. The average Bonchev–Trinajstić information content (AvgIpc) is 2.64. The van der Waals surface area contributed by atoms with Crippen molar-refractivity contribution in [2.75, 3.05) is 5.32 Å². The minimum Gasteiger partial charge on any atom is -0.377 e. The van der Waals surface area contributed by atoms with E-state index in [-0.39, 0.29) is 10.6 Å². The molecule has 0 bridgehead atoms. The molecule has 2 rings (SSSR count). The Morgan fingerprint density at radius 2 is 2.22 bits per heavy atom. The standard InChI is InChI=1S/C11H13ClN4OS/c1-6-8(15-7(2)18-6)4-13-9-5-14-16(3)11(17)10(9)12/h5,13H,4H2,1-3H3. The lowest BCUT2D eigenvalue weighted by atomic mass is 10.3. The molecular formula is C11H13ClN4OS. The van der Waals surface area contributed by atoms with Crippen LogP contribution in [-0.4, -0.2) is 14.8 Å². The van der Waals surface area contributed by atoms with Crippen LogP contribution in [0.5, 0.6) is 0 Å². The molecule has 0 radical (unpaired) electrons. The molecule has 2 heterocycles. The summed E-state index contributed by atoms with van der Waals surface area (Å²) in [5.74, 6) is 0. The second-order valence-electron chi connectivity index (χ2n) is 3.89. The summed E-state index contributed by atoms with van der Waals surface area (Å²) in [5, 5.41) is 8.18. The summed E-state index contributed by atoms with van der Waals surface area (Å²) in [6.07, 6.45) is 1.54. The lowest BCUT2D eigenvalue weighted by molar-refractivity contribution is 0.708. The quantitative estimate of drug-likeness (QED) is 0.938. The summed E-state index contributed by atoms with van der Waals surface area (Å²) in [7, 11) is 1.56. The number of halogens is 1. The largest absolute Gasteiger partial charge is 0.377 e. The Hall–Kier alpha value is -1.40. The van der Waals surface area contributed by atoms with Gasteiger partial charge in [-0.1, -0.05) is 11.6 Å². The molecule has 96 valence electrons. The van der Waals surface area contributed by atoms with Crippen molar-refractivity contribution in [3.63, 3.8) is 0 Å². The smallest absolute Gasteiger partial charge is 0.287 e. The Balaban J connectivity index is 2.19. The third-order valence-corrected chi connectivity index (χ3v) is 3.82. The molecule has 0 saturated carbocycles. The first-order valence-electron chi connectivity index (χ1n) is 5.37. The molecular weight excluding hydrogens is 272 g/mol. The van der Waals surface area contributed by atoms with E-state index < -0.39 is 0 Å². The van der Waals surface area contributed by atoms with Gasteiger partial charge in [0.05, 0.1) is 29.1 Å². The Morgan fingerprint density at radius 1 is 1.50 bits per heavy atom. The van der Waals surface area contributed by atoms with Crippen molar-refractivity contribution >= 4 is 28.6 Å². The zero-order valence-corrected chi connectivity index (χ0v) is 11.9. The third-order valence-electron chi connectivity index (χ3n) is 2.52. The van der Waals surface area contributed by atoms with Crippen LogP contribution < -0.4 is 10.9 Å². The number of aromatic nitrogens is 3. The maximum Gasteiger partial charge on any atom is 0.287 e. The Morgan fingerprint density at radius 3 is 2.83 bits per heavy atom. The third kappa shape index (κ3) is 2.54. The van der Waals surface area contributed by atoms with Crippen molar-refractivity contribution in [1.29, 1.82) is 0 Å². The first-order chi connectivity index (χ1) is 8.49. The normalized spacial score (nSPS) is 10.7. The number of rotatable bonds is 3. The second-order valence-corrected chi connectivity index (χ2v) is 5.68. The molecule has 0 spiro atoms. The highest BCUT2D eigenvalue weighted by Gasteiger charge is 2.09. The van der Waals surface area contributed by atoms with E-state index in [0.29, 0.717) is 12.2 Å². The lowest BCUT2D eigenvalue weighted by Crippen LogP contribution is -2.21. The summed E-state index contributed by atoms with van der Waals surface area (Å²) < 4.78 is 1.20. The number of anilines is 1. The van der Waals surface area contributed by atoms with Gasteiger partial charge in [0.15, 0.2) is 0 Å². The molecule has 0 saturated heterocycles. The van der Waals surface area contributed by atoms with Gasteiger partial charge in [-0.25, -0.2) is 9.67 Å². The molecule has 5 nitrogen and oxygen atoms in total. The molecule has 0 atom stereocenters. The van der Waals surface area contributed by atoms with Crippen molar-refractivity contribution in [3.05, 3.63) is 37.2 Å². The Bertz CT molecular complexity index is 634. The average molecular weight is 285 g/mol. The SMILES string of the molecule is Cc1nc(CNc2cnn(C)c(=O)c2Cl)c(C)s1. The number of nitrogens with zero attached hydrogens (tertiary/aromatic N) is 3. The lowest BCUT2D eigenvalue weighted by Gasteiger charge is -2.07. The van der Waals surface area contributed by atoms with E-state index in [2.05, 4.69) is 15.4 Å². The number of nitrogens with one attached hydrogen (secondary N) is 1. The van der Waals surface area contributed by atoms with Crippen LogP contribution in [0.2, 0.25) is 5.02 Å². The van der Waals surface area contributed by atoms with Crippen LogP contribution in [-0.2, 0) is 13.6 Å². The van der Waals surface area contributed by atoms with E-state index in [0.717, 1.165) is 15.6 Å². The van der Waals surface area contributed by atoms with Crippen LogP contribution in [0.15, 0.2) is 11.0 Å². The topological polar surface area (TPSA) is 59.8 Å². The molecule has 0 amide bonds. The van der Waals surface area contributed by atoms with Gasteiger partial charge in [0.2, 0.25) is 0 Å². The van der Waals surface area contributed by atoms with Crippen molar-refractivity contribution < 1.29 is 0 Å². The maximum absolute atomic E-state index is 11.6. The van der Waals surface area contributed by atoms with Gasteiger partial charge in [-0.05, 0) is 13.8 Å². The minimum absolute atomic E-state index is 0.150. The molecule has 0 aliphatic rings. The summed E-state index contributed by atoms with van der Waals surface area (Å²) in [5.41, 5.74) is 1.19. The van der Waals surface area contributed by atoms with Gasteiger partial charge in [0.25, 0.3) is 5.56 Å². The molecule has 7 heteroatoms. The second kappa shape index (κ2) is 5.07. The molecule has 0 aliphatic carbocycles. The number of thiazole rings is 1. The number of hydrogen-bond acceptors (Lipinski definition) is 5. The first kappa shape index (κ1) is 13.0. The Labute approximate surface area is 113 Å². The van der Waals surface area contributed by atoms with Gasteiger partial charge in [-0.2, -0.15) is 5.10 Å². The van der Waals surface area contributed by atoms with Gasteiger partial charge < -0.3 is 5.32 Å². The van der Waals surface area contributed by atoms with E-state index in [4.69, 9.17) is 11.6 Å². The monoisotopic (exact) mass is 284 g/mol. The van der Waals surface area contributed by atoms with E-state index in [9.17, 15) is 4.79 Å². The number of hydrogen-bond donors (Lipinski definition) is 1. The summed E-state index contributed by atoms with van der Waals surface area (Å²) >= 11 is 7.60. The first-order valence-corrected chi connectivity index (χ1v) is 6.57. The van der Waals surface area contributed by atoms with E-state index in [1.54, 1.807) is 18.4 Å². The fraction of sp³-hybridized carbons (Fsp3) is 0.364. The predicted octanol–water partition coefficient (Wildman–Crippen LogP) is 2.12. The van der Waals surface area contributed by atoms with E-state index >= 15 is 0 Å². The number of aryl methyl sites for hydroxylation is 3. The molecule has 1 N–H and O–H groups in total. The minimum atomic E-state index is -0.312. The van der Waals surface area contributed by atoms with Crippen LogP contribution in [0.25, 0.3) is 0 Å². The molecule has 2 aromatic rings. The zero-order chi connectivity index (χ0) is 13.3. The highest BCUT2D eigenvalue weighted by Crippen LogP contribution is 2.20. The molecule has 0 fully saturated rings. The summed E-state index contributed by atoms with van der Waals surface area (Å²) in [4.78, 5) is 17.2. The summed E-state index contributed by atoms with van der Waals surface area (Å²) in [6, 6.07) is 0. The van der Waals surface area contributed by atoms with Gasteiger partial charge in [0.1, 0.15) is 5.02 Å². The van der Waals surface area contributed by atoms with E-state index in [1.165, 1.54) is 10.9 Å². The Kier molecular flexibility index (Phi) is 3.68. The highest BCUT2D eigenvalue weighted by molar-refractivity contribution is 7.11. The van der Waals surface area contributed by atoms with Crippen molar-refractivity contribution in [2.24, 2.45) is 7.05 Å². The summed E-state index contributed by atoms with van der Waals surface area (Å²) in [6.45, 7) is 4.52. The van der Waals surface area contributed by atoms with Crippen molar-refractivity contribution in [3.8, 4) is 0 Å². The fourth-order valence-electron chi connectivity index (χ4n) is 1.55. The van der Waals surface area contributed by atoms with Gasteiger partial charge in [-0.15, -0.1) is 11.3 Å².